The van der Waals surface area contributed by atoms with Crippen molar-refractivity contribution in [3.63, 3.8) is 0 Å². The summed E-state index contributed by atoms with van der Waals surface area (Å²) in [7, 11) is 0. The fourth-order valence-corrected chi connectivity index (χ4v) is 4.34. The Balaban J connectivity index is 1.46. The number of benzene rings is 1. The molecule has 1 saturated carbocycles. The van der Waals surface area contributed by atoms with Crippen LogP contribution in [0.5, 0.6) is 0 Å². The number of carbonyl (C=O) groups excluding carboxylic acids is 1. The molecule has 3 aromatic rings. The Morgan fingerprint density at radius 3 is 2.90 bits per heavy atom. The molecule has 8 nitrogen and oxygen atoms in total. The van der Waals surface area contributed by atoms with Crippen LogP contribution in [0.4, 0.5) is 0 Å². The summed E-state index contributed by atoms with van der Waals surface area (Å²) in [5.41, 5.74) is 2.01. The monoisotopic (exact) mass is 412 g/mol. The van der Waals surface area contributed by atoms with Crippen LogP contribution < -0.4 is 5.32 Å². The van der Waals surface area contributed by atoms with Crippen LogP contribution in [0, 0.1) is 6.92 Å². The molecule has 9 heteroatoms. The van der Waals surface area contributed by atoms with Crippen molar-refractivity contribution in [2.24, 2.45) is 0 Å². The predicted octanol–water partition coefficient (Wildman–Crippen LogP) is 3.47. The SMILES string of the molecule is CCn1c(SCC(=O)NC2CCCC2)nnc1-c1nc(-c2cccc(C)c2)no1. The van der Waals surface area contributed by atoms with Crippen molar-refractivity contribution in [3.8, 4) is 23.1 Å². The summed E-state index contributed by atoms with van der Waals surface area (Å²) in [6.07, 6.45) is 4.54. The second-order valence-corrected chi connectivity index (χ2v) is 8.12. The van der Waals surface area contributed by atoms with Crippen LogP contribution >= 0.6 is 11.8 Å². The minimum Gasteiger partial charge on any atom is -0.353 e. The number of hydrogen-bond donors (Lipinski definition) is 1. The standard InChI is InChI=1S/C20H24N6O2S/c1-3-26-18(19-22-17(25-28-19)14-8-6-7-13(2)11-14)23-24-20(26)29-12-16(27)21-15-9-4-5-10-15/h6-8,11,15H,3-5,9-10,12H2,1-2H3,(H,21,27). The van der Waals surface area contributed by atoms with Crippen LogP contribution in [0.3, 0.4) is 0 Å². The number of amides is 1. The summed E-state index contributed by atoms with van der Waals surface area (Å²) in [5, 5.41) is 16.3. The molecule has 0 bridgehead atoms. The summed E-state index contributed by atoms with van der Waals surface area (Å²) in [6.45, 7) is 4.65. The minimum atomic E-state index is 0.0358. The van der Waals surface area contributed by atoms with Gasteiger partial charge in [-0.2, -0.15) is 4.98 Å². The van der Waals surface area contributed by atoms with E-state index < -0.39 is 0 Å². The second-order valence-electron chi connectivity index (χ2n) is 7.18. The fourth-order valence-electron chi connectivity index (χ4n) is 3.52. The van der Waals surface area contributed by atoms with Crippen molar-refractivity contribution in [2.75, 3.05) is 5.75 Å². The van der Waals surface area contributed by atoms with E-state index in [0.29, 0.717) is 41.0 Å². The first kappa shape index (κ1) is 19.6. The molecule has 152 valence electrons. The van der Waals surface area contributed by atoms with Crippen molar-refractivity contribution in [1.82, 2.24) is 30.2 Å². The van der Waals surface area contributed by atoms with Gasteiger partial charge in [0, 0.05) is 18.2 Å². The topological polar surface area (TPSA) is 98.7 Å². The van der Waals surface area contributed by atoms with E-state index in [0.717, 1.165) is 24.0 Å². The van der Waals surface area contributed by atoms with Crippen LogP contribution in [0.15, 0.2) is 33.9 Å². The average molecular weight is 413 g/mol. The highest BCUT2D eigenvalue weighted by molar-refractivity contribution is 7.99. The number of hydrogen-bond acceptors (Lipinski definition) is 7. The maximum absolute atomic E-state index is 12.2. The number of nitrogens with one attached hydrogen (secondary N) is 1. The Morgan fingerprint density at radius 1 is 1.31 bits per heavy atom. The molecule has 0 aliphatic heterocycles. The summed E-state index contributed by atoms with van der Waals surface area (Å²) in [4.78, 5) is 16.7. The van der Waals surface area contributed by atoms with E-state index in [1.54, 1.807) is 0 Å². The zero-order valence-corrected chi connectivity index (χ0v) is 17.4. The third-order valence-electron chi connectivity index (χ3n) is 4.98. The van der Waals surface area contributed by atoms with E-state index in [1.807, 2.05) is 42.7 Å². The zero-order valence-electron chi connectivity index (χ0n) is 16.6. The lowest BCUT2D eigenvalue weighted by Gasteiger charge is -2.11. The number of carbonyl (C=O) groups is 1. The van der Waals surface area contributed by atoms with Crippen molar-refractivity contribution >= 4 is 17.7 Å². The molecule has 1 fully saturated rings. The molecular formula is C20H24N6O2S. The number of aromatic nitrogens is 5. The number of thioether (sulfide) groups is 1. The first-order valence-electron chi connectivity index (χ1n) is 9.90. The van der Waals surface area contributed by atoms with Gasteiger partial charge in [0.25, 0.3) is 5.89 Å². The van der Waals surface area contributed by atoms with Gasteiger partial charge in [0.15, 0.2) is 5.16 Å². The van der Waals surface area contributed by atoms with E-state index in [-0.39, 0.29) is 5.91 Å². The average Bonchev–Trinajstić information content (AvgIpc) is 3.46. The van der Waals surface area contributed by atoms with E-state index >= 15 is 0 Å². The highest BCUT2D eigenvalue weighted by Gasteiger charge is 2.21. The van der Waals surface area contributed by atoms with Gasteiger partial charge in [-0.05, 0) is 32.8 Å². The molecule has 1 amide bonds. The zero-order chi connectivity index (χ0) is 20.2. The molecule has 0 spiro atoms. The van der Waals surface area contributed by atoms with Gasteiger partial charge in [-0.1, -0.05) is 53.5 Å². The van der Waals surface area contributed by atoms with Gasteiger partial charge in [0.1, 0.15) is 0 Å². The minimum absolute atomic E-state index is 0.0358. The molecule has 2 aromatic heterocycles. The largest absolute Gasteiger partial charge is 0.353 e. The smallest absolute Gasteiger partial charge is 0.296 e. The van der Waals surface area contributed by atoms with Crippen molar-refractivity contribution in [1.29, 1.82) is 0 Å². The lowest BCUT2D eigenvalue weighted by atomic mass is 10.1. The van der Waals surface area contributed by atoms with Gasteiger partial charge < -0.3 is 9.84 Å². The van der Waals surface area contributed by atoms with Crippen LogP contribution in [0.2, 0.25) is 0 Å². The Bertz CT molecular complexity index is 993. The van der Waals surface area contributed by atoms with Crippen LogP contribution in [0.25, 0.3) is 23.1 Å². The molecule has 29 heavy (non-hydrogen) atoms. The molecule has 0 unspecified atom stereocenters. The lowest BCUT2D eigenvalue weighted by Crippen LogP contribution is -2.33. The molecule has 0 saturated heterocycles. The van der Waals surface area contributed by atoms with E-state index in [1.165, 1.54) is 24.6 Å². The summed E-state index contributed by atoms with van der Waals surface area (Å²) < 4.78 is 7.33. The van der Waals surface area contributed by atoms with Gasteiger partial charge in [-0.15, -0.1) is 10.2 Å². The molecule has 1 N–H and O–H groups in total. The van der Waals surface area contributed by atoms with Crippen LogP contribution in [0.1, 0.15) is 38.2 Å². The van der Waals surface area contributed by atoms with Gasteiger partial charge in [-0.25, -0.2) is 0 Å². The highest BCUT2D eigenvalue weighted by Crippen LogP contribution is 2.25. The fraction of sp³-hybridized carbons (Fsp3) is 0.450. The van der Waals surface area contributed by atoms with Crippen molar-refractivity contribution < 1.29 is 9.32 Å². The maximum atomic E-state index is 12.2. The molecule has 1 aliphatic carbocycles. The Morgan fingerprint density at radius 2 is 2.14 bits per heavy atom. The Labute approximate surface area is 173 Å². The molecule has 1 aliphatic rings. The number of nitrogens with zero attached hydrogens (tertiary/aromatic N) is 5. The third kappa shape index (κ3) is 4.50. The first-order valence-corrected chi connectivity index (χ1v) is 10.9. The van der Waals surface area contributed by atoms with Gasteiger partial charge >= 0.3 is 0 Å². The number of aryl methyl sites for hydroxylation is 1. The number of rotatable bonds is 7. The van der Waals surface area contributed by atoms with E-state index in [2.05, 4.69) is 25.7 Å². The van der Waals surface area contributed by atoms with Crippen LogP contribution in [-0.4, -0.2) is 42.6 Å². The Hall–Kier alpha value is -2.68. The molecule has 0 radical (unpaired) electrons. The molecule has 4 rings (SSSR count). The molecular weight excluding hydrogens is 388 g/mol. The quantitative estimate of drug-likeness (QED) is 0.593. The van der Waals surface area contributed by atoms with Gasteiger partial charge in [0.05, 0.1) is 5.75 Å². The first-order chi connectivity index (χ1) is 14.1. The van der Waals surface area contributed by atoms with Gasteiger partial charge in [-0.3, -0.25) is 9.36 Å². The van der Waals surface area contributed by atoms with Crippen LogP contribution in [-0.2, 0) is 11.3 Å². The van der Waals surface area contributed by atoms with E-state index in [9.17, 15) is 4.79 Å². The van der Waals surface area contributed by atoms with Crippen molar-refractivity contribution in [2.45, 2.75) is 57.3 Å². The summed E-state index contributed by atoms with van der Waals surface area (Å²) in [5.74, 6) is 1.69. The lowest BCUT2D eigenvalue weighted by molar-refractivity contribution is -0.119. The van der Waals surface area contributed by atoms with Gasteiger partial charge in [0.2, 0.25) is 17.6 Å². The van der Waals surface area contributed by atoms with E-state index in [4.69, 9.17) is 4.52 Å². The van der Waals surface area contributed by atoms with Crippen molar-refractivity contribution in [3.05, 3.63) is 29.8 Å². The molecule has 1 aromatic carbocycles. The highest BCUT2D eigenvalue weighted by atomic mass is 32.2. The predicted molar refractivity (Wildman–Crippen MR) is 110 cm³/mol. The normalized spacial score (nSPS) is 14.4. The molecule has 2 heterocycles. The third-order valence-corrected chi connectivity index (χ3v) is 5.95. The maximum Gasteiger partial charge on any atom is 0.296 e. The summed E-state index contributed by atoms with van der Waals surface area (Å²) >= 11 is 1.37. The second kappa shape index (κ2) is 8.77. The summed E-state index contributed by atoms with van der Waals surface area (Å²) in [6, 6.07) is 8.24. The molecule has 0 atom stereocenters. The Kier molecular flexibility index (Phi) is 5.94.